The maximum Gasteiger partial charge on any atom is 0.161 e. The van der Waals surface area contributed by atoms with Gasteiger partial charge in [-0.3, -0.25) is 4.90 Å². The first-order valence-electron chi connectivity index (χ1n) is 8.39. The fourth-order valence-electron chi connectivity index (χ4n) is 3.77. The number of nitrogens with zero attached hydrogens (tertiary/aromatic N) is 1. The van der Waals surface area contributed by atoms with Gasteiger partial charge in [-0.2, -0.15) is 0 Å². The Kier molecular flexibility index (Phi) is 3.90. The number of likely N-dealkylation sites (tertiary alicyclic amines) is 1. The highest BCUT2D eigenvalue weighted by Gasteiger charge is 2.27. The van der Waals surface area contributed by atoms with Gasteiger partial charge in [-0.05, 0) is 30.7 Å². The summed E-state index contributed by atoms with van der Waals surface area (Å²) >= 11 is 0. The van der Waals surface area contributed by atoms with Gasteiger partial charge in [0.1, 0.15) is 0 Å². The topological polar surface area (TPSA) is 48.5 Å². The molecule has 3 aromatic rings. The van der Waals surface area contributed by atoms with E-state index < -0.39 is 0 Å². The number of phenolic OH excluding ortho intramolecular Hbond substituents is 1. The lowest BCUT2D eigenvalue weighted by Gasteiger charge is -2.17. The fraction of sp³-hybridized carbons (Fsp3) is 0.300. The van der Waals surface area contributed by atoms with Gasteiger partial charge in [0.05, 0.1) is 7.11 Å². The summed E-state index contributed by atoms with van der Waals surface area (Å²) in [6, 6.07) is 14.2. The quantitative estimate of drug-likeness (QED) is 0.766. The maximum atomic E-state index is 10.4. The van der Waals surface area contributed by atoms with E-state index in [0.717, 1.165) is 31.6 Å². The number of rotatable bonds is 4. The molecule has 0 bridgehead atoms. The number of ether oxygens (including phenoxy) is 1. The Morgan fingerprint density at radius 1 is 1.21 bits per heavy atom. The van der Waals surface area contributed by atoms with Crippen molar-refractivity contribution >= 4 is 10.9 Å². The molecule has 24 heavy (non-hydrogen) atoms. The molecule has 4 nitrogen and oxygen atoms in total. The monoisotopic (exact) mass is 322 g/mol. The van der Waals surface area contributed by atoms with E-state index in [2.05, 4.69) is 40.3 Å². The van der Waals surface area contributed by atoms with Crippen molar-refractivity contribution in [2.75, 3.05) is 20.2 Å². The van der Waals surface area contributed by atoms with Gasteiger partial charge in [-0.25, -0.2) is 0 Å². The minimum Gasteiger partial charge on any atom is -0.504 e. The Hall–Kier alpha value is -2.46. The molecule has 0 amide bonds. The normalized spacial score (nSPS) is 18.3. The number of benzene rings is 2. The van der Waals surface area contributed by atoms with E-state index in [4.69, 9.17) is 4.74 Å². The van der Waals surface area contributed by atoms with Gasteiger partial charge in [0.2, 0.25) is 0 Å². The van der Waals surface area contributed by atoms with Gasteiger partial charge in [-0.1, -0.05) is 30.3 Å². The first-order valence-corrected chi connectivity index (χ1v) is 8.39. The van der Waals surface area contributed by atoms with Crippen LogP contribution in [0.3, 0.4) is 0 Å². The zero-order chi connectivity index (χ0) is 16.5. The molecule has 4 heteroatoms. The molecule has 1 aromatic heterocycles. The smallest absolute Gasteiger partial charge is 0.161 e. The van der Waals surface area contributed by atoms with Crippen LogP contribution in [-0.4, -0.2) is 35.2 Å². The van der Waals surface area contributed by atoms with Crippen molar-refractivity contribution in [1.82, 2.24) is 9.88 Å². The molecule has 124 valence electrons. The van der Waals surface area contributed by atoms with E-state index in [0.29, 0.717) is 17.4 Å². The average molecular weight is 322 g/mol. The molecule has 1 saturated heterocycles. The lowest BCUT2D eigenvalue weighted by Crippen LogP contribution is -2.19. The van der Waals surface area contributed by atoms with E-state index >= 15 is 0 Å². The van der Waals surface area contributed by atoms with Crippen LogP contribution in [-0.2, 0) is 6.54 Å². The Morgan fingerprint density at radius 3 is 2.96 bits per heavy atom. The Bertz CT molecular complexity index is 856. The fourth-order valence-corrected chi connectivity index (χ4v) is 3.77. The molecular weight excluding hydrogens is 300 g/mol. The number of fused-ring (bicyclic) bond motifs is 1. The molecule has 0 aliphatic carbocycles. The largest absolute Gasteiger partial charge is 0.504 e. The molecule has 1 unspecified atom stereocenters. The first kappa shape index (κ1) is 15.1. The van der Waals surface area contributed by atoms with Crippen molar-refractivity contribution < 1.29 is 9.84 Å². The lowest BCUT2D eigenvalue weighted by molar-refractivity contribution is 0.326. The van der Waals surface area contributed by atoms with E-state index in [-0.39, 0.29) is 0 Å². The average Bonchev–Trinajstić information content (AvgIpc) is 3.23. The minimum atomic E-state index is 0.291. The molecule has 4 rings (SSSR count). The highest BCUT2D eigenvalue weighted by Crippen LogP contribution is 2.38. The summed E-state index contributed by atoms with van der Waals surface area (Å²) < 4.78 is 5.24. The third-order valence-electron chi connectivity index (χ3n) is 5.03. The van der Waals surface area contributed by atoms with Crippen molar-refractivity contribution in [2.24, 2.45) is 0 Å². The van der Waals surface area contributed by atoms with Gasteiger partial charge in [0, 0.05) is 41.7 Å². The third kappa shape index (κ3) is 2.63. The number of para-hydroxylation sites is 2. The van der Waals surface area contributed by atoms with Gasteiger partial charge in [0.25, 0.3) is 0 Å². The van der Waals surface area contributed by atoms with Crippen LogP contribution in [0.15, 0.2) is 48.7 Å². The highest BCUT2D eigenvalue weighted by atomic mass is 16.5. The number of H-pyrrole nitrogens is 1. The molecule has 0 radical (unpaired) electrons. The predicted molar refractivity (Wildman–Crippen MR) is 95.6 cm³/mol. The molecule has 2 heterocycles. The number of phenols is 1. The molecule has 1 aliphatic heterocycles. The SMILES string of the molecule is COc1cccc(C2CCN(Cc3c[nH]c4ccccc34)C2)c1O. The number of nitrogens with one attached hydrogen (secondary N) is 1. The second-order valence-electron chi connectivity index (χ2n) is 6.48. The Morgan fingerprint density at radius 2 is 2.08 bits per heavy atom. The summed E-state index contributed by atoms with van der Waals surface area (Å²) in [6.45, 7) is 2.94. The predicted octanol–water partition coefficient (Wildman–Crippen LogP) is 3.87. The summed E-state index contributed by atoms with van der Waals surface area (Å²) in [6.07, 6.45) is 3.17. The third-order valence-corrected chi connectivity index (χ3v) is 5.03. The summed E-state index contributed by atoms with van der Waals surface area (Å²) in [5.74, 6) is 1.20. The highest BCUT2D eigenvalue weighted by molar-refractivity contribution is 5.82. The number of aromatic hydroxyl groups is 1. The van der Waals surface area contributed by atoms with E-state index in [9.17, 15) is 5.11 Å². The molecule has 2 aromatic carbocycles. The van der Waals surface area contributed by atoms with E-state index in [1.54, 1.807) is 13.2 Å². The summed E-state index contributed by atoms with van der Waals surface area (Å²) in [5, 5.41) is 11.7. The van der Waals surface area contributed by atoms with Gasteiger partial charge in [0.15, 0.2) is 11.5 Å². The van der Waals surface area contributed by atoms with Crippen LogP contribution in [0.2, 0.25) is 0 Å². The molecule has 1 aliphatic rings. The van der Waals surface area contributed by atoms with E-state index in [1.165, 1.54) is 16.5 Å². The summed E-state index contributed by atoms with van der Waals surface area (Å²) in [7, 11) is 1.59. The first-order chi connectivity index (χ1) is 11.8. The number of aromatic nitrogens is 1. The van der Waals surface area contributed by atoms with Gasteiger partial charge < -0.3 is 14.8 Å². The lowest BCUT2D eigenvalue weighted by atomic mass is 9.97. The number of aromatic amines is 1. The summed E-state index contributed by atoms with van der Waals surface area (Å²) in [4.78, 5) is 5.80. The number of methoxy groups -OCH3 is 1. The zero-order valence-corrected chi connectivity index (χ0v) is 13.8. The Balaban J connectivity index is 1.51. The minimum absolute atomic E-state index is 0.291. The van der Waals surface area contributed by atoms with Crippen LogP contribution in [0.4, 0.5) is 0 Å². The molecular formula is C20H22N2O2. The standard InChI is InChI=1S/C20H22N2O2/c1-24-19-8-4-6-17(20(19)23)14-9-10-22(12-14)13-15-11-21-18-7-3-2-5-16(15)18/h2-8,11,14,21,23H,9-10,12-13H2,1H3. The van der Waals surface area contributed by atoms with Crippen molar-refractivity contribution in [3.05, 3.63) is 59.8 Å². The maximum absolute atomic E-state index is 10.4. The number of hydrogen-bond donors (Lipinski definition) is 2. The summed E-state index contributed by atoms with van der Waals surface area (Å²) in [5.41, 5.74) is 3.52. The molecule has 1 fully saturated rings. The van der Waals surface area contributed by atoms with Gasteiger partial charge in [-0.15, -0.1) is 0 Å². The van der Waals surface area contributed by atoms with Crippen LogP contribution in [0.25, 0.3) is 10.9 Å². The molecule has 0 spiro atoms. The van der Waals surface area contributed by atoms with Crippen molar-refractivity contribution in [3.8, 4) is 11.5 Å². The number of hydrogen-bond acceptors (Lipinski definition) is 3. The van der Waals surface area contributed by atoms with Crippen LogP contribution in [0, 0.1) is 0 Å². The molecule has 0 saturated carbocycles. The van der Waals surface area contributed by atoms with Crippen molar-refractivity contribution in [3.63, 3.8) is 0 Å². The molecule has 2 N–H and O–H groups in total. The zero-order valence-electron chi connectivity index (χ0n) is 13.8. The van der Waals surface area contributed by atoms with Gasteiger partial charge >= 0.3 is 0 Å². The van der Waals surface area contributed by atoms with Crippen LogP contribution >= 0.6 is 0 Å². The van der Waals surface area contributed by atoms with Crippen molar-refractivity contribution in [1.29, 1.82) is 0 Å². The molecule has 1 atom stereocenters. The van der Waals surface area contributed by atoms with Crippen LogP contribution in [0.5, 0.6) is 11.5 Å². The second-order valence-corrected chi connectivity index (χ2v) is 6.48. The van der Waals surface area contributed by atoms with Crippen LogP contribution < -0.4 is 4.74 Å². The second kappa shape index (κ2) is 6.21. The Labute approximate surface area is 141 Å². The van der Waals surface area contributed by atoms with E-state index in [1.807, 2.05) is 12.1 Å². The van der Waals surface area contributed by atoms with Crippen LogP contribution in [0.1, 0.15) is 23.5 Å². The van der Waals surface area contributed by atoms with Crippen molar-refractivity contribution in [2.45, 2.75) is 18.9 Å².